The van der Waals surface area contributed by atoms with Crippen LogP contribution in [0.1, 0.15) is 16.1 Å². The minimum absolute atomic E-state index is 0.0870. The molecule has 0 bridgehead atoms. The molecule has 1 aromatic heterocycles. The van der Waals surface area contributed by atoms with Crippen LogP contribution in [-0.2, 0) is 15.0 Å². The second-order valence-corrected chi connectivity index (χ2v) is 7.78. The summed E-state index contributed by atoms with van der Waals surface area (Å²) in [5.74, 6) is -6.06. The van der Waals surface area contributed by atoms with Crippen LogP contribution in [0, 0.1) is 11.7 Å². The maximum atomic E-state index is 14.8. The third-order valence-corrected chi connectivity index (χ3v) is 5.47. The topological polar surface area (TPSA) is 108 Å². The van der Waals surface area contributed by atoms with Gasteiger partial charge in [0, 0.05) is 17.2 Å². The first-order valence-corrected chi connectivity index (χ1v) is 10.0. The summed E-state index contributed by atoms with van der Waals surface area (Å²) in [7, 11) is 0. The molecule has 1 aromatic carbocycles. The van der Waals surface area contributed by atoms with Gasteiger partial charge in [-0.2, -0.15) is 8.78 Å². The van der Waals surface area contributed by atoms with Crippen LogP contribution in [0.15, 0.2) is 41.5 Å². The molecule has 0 radical (unpaired) electrons. The Kier molecular flexibility index (Phi) is 6.30. The zero-order valence-corrected chi connectivity index (χ0v) is 17.4. The van der Waals surface area contributed by atoms with E-state index in [1.165, 1.54) is 24.3 Å². The number of aromatic nitrogens is 1. The molecule has 34 heavy (non-hydrogen) atoms. The quantitative estimate of drug-likeness (QED) is 0.583. The lowest BCUT2D eigenvalue weighted by Crippen LogP contribution is -2.43. The first kappa shape index (κ1) is 23.7. The fourth-order valence-corrected chi connectivity index (χ4v) is 3.67. The molecule has 182 valence electrons. The number of nitrogens with zero attached hydrogens (tertiary/aromatic N) is 2. The number of benzene rings is 1. The molecule has 1 amide bonds. The van der Waals surface area contributed by atoms with Crippen LogP contribution in [0.4, 0.5) is 27.6 Å². The number of carbonyl (C=O) groups excluding carboxylic acids is 1. The predicted molar refractivity (Wildman–Crippen MR) is 109 cm³/mol. The van der Waals surface area contributed by atoms with Gasteiger partial charge in [-0.1, -0.05) is 0 Å². The van der Waals surface area contributed by atoms with Gasteiger partial charge in [0.25, 0.3) is 11.9 Å². The fraction of sp³-hybridized carbons (Fsp3) is 0.381. The van der Waals surface area contributed by atoms with E-state index >= 15 is 0 Å². The molecule has 1 unspecified atom stereocenters. The summed E-state index contributed by atoms with van der Waals surface area (Å²) >= 11 is 0. The normalized spacial score (nSPS) is 22.1. The number of rotatable bonds is 7. The van der Waals surface area contributed by atoms with Gasteiger partial charge >= 0.3 is 12.3 Å². The van der Waals surface area contributed by atoms with Crippen LogP contribution in [-0.4, -0.2) is 55.7 Å². The highest BCUT2D eigenvalue weighted by atomic mass is 19.3. The minimum Gasteiger partial charge on any atom is -0.485 e. The summed E-state index contributed by atoms with van der Waals surface area (Å²) < 4.78 is 80.5. The largest absolute Gasteiger partial charge is 0.485 e. The molecule has 1 fully saturated rings. The van der Waals surface area contributed by atoms with Crippen LogP contribution in [0.2, 0.25) is 0 Å². The molecular weight excluding hydrogens is 467 g/mol. The van der Waals surface area contributed by atoms with Crippen molar-refractivity contribution in [2.75, 3.05) is 31.7 Å². The first-order valence-electron chi connectivity index (χ1n) is 10.0. The van der Waals surface area contributed by atoms with E-state index in [2.05, 4.69) is 20.0 Å². The van der Waals surface area contributed by atoms with Crippen molar-refractivity contribution >= 4 is 17.6 Å². The average Bonchev–Trinajstić information content (AvgIpc) is 3.23. The number of amidine groups is 1. The Bertz CT molecular complexity index is 1100. The van der Waals surface area contributed by atoms with Crippen molar-refractivity contribution < 1.29 is 41.0 Å². The van der Waals surface area contributed by atoms with E-state index in [-0.39, 0.29) is 47.8 Å². The molecule has 2 aliphatic rings. The van der Waals surface area contributed by atoms with Gasteiger partial charge in [0.2, 0.25) is 0 Å². The van der Waals surface area contributed by atoms with Crippen molar-refractivity contribution in [2.45, 2.75) is 17.9 Å². The standard InChI is InChI=1S/C21H19F5N4O4/c22-15-3-1-12(5-14(15)20-9-32-7-11(20)8-33-19(27)30-20)29-17(31)16-4-2-13(6-28-16)34-10-21(25,26)18(23)24/h1-6,11,18H,7-10H2,(H2,27,30)(H,29,31)/t11?,20-/m0/s1. The van der Waals surface area contributed by atoms with E-state index in [1.807, 2.05) is 0 Å². The highest BCUT2D eigenvalue weighted by molar-refractivity contribution is 6.02. The Labute approximate surface area is 189 Å². The number of hydrogen-bond acceptors (Lipinski definition) is 7. The predicted octanol–water partition coefficient (Wildman–Crippen LogP) is 2.94. The second kappa shape index (κ2) is 9.05. The third-order valence-electron chi connectivity index (χ3n) is 5.47. The van der Waals surface area contributed by atoms with Crippen molar-refractivity contribution in [1.82, 2.24) is 4.98 Å². The number of ether oxygens (including phenoxy) is 3. The highest BCUT2D eigenvalue weighted by Crippen LogP contribution is 2.43. The lowest BCUT2D eigenvalue weighted by atomic mass is 9.80. The number of nitrogens with two attached hydrogens (primary N) is 1. The number of alkyl halides is 4. The van der Waals surface area contributed by atoms with Crippen molar-refractivity contribution in [3.05, 3.63) is 53.6 Å². The molecule has 2 aliphatic heterocycles. The fourth-order valence-electron chi connectivity index (χ4n) is 3.67. The van der Waals surface area contributed by atoms with Gasteiger partial charge in [-0.15, -0.1) is 0 Å². The molecular formula is C21H19F5N4O4. The van der Waals surface area contributed by atoms with Gasteiger partial charge in [-0.3, -0.25) is 4.79 Å². The lowest BCUT2D eigenvalue weighted by Gasteiger charge is -2.34. The molecule has 2 atom stereocenters. The van der Waals surface area contributed by atoms with Crippen LogP contribution in [0.25, 0.3) is 0 Å². The summed E-state index contributed by atoms with van der Waals surface area (Å²) in [5.41, 5.74) is 4.92. The number of anilines is 1. The zero-order chi connectivity index (χ0) is 24.5. The number of carbonyl (C=O) groups is 1. The summed E-state index contributed by atoms with van der Waals surface area (Å²) in [5, 5.41) is 2.56. The van der Waals surface area contributed by atoms with Crippen molar-refractivity contribution in [2.24, 2.45) is 16.6 Å². The van der Waals surface area contributed by atoms with Crippen LogP contribution in [0.5, 0.6) is 5.75 Å². The third kappa shape index (κ3) is 4.60. The van der Waals surface area contributed by atoms with Crippen LogP contribution < -0.4 is 15.8 Å². The first-order chi connectivity index (χ1) is 16.1. The minimum atomic E-state index is -4.32. The van der Waals surface area contributed by atoms with Gasteiger partial charge in [0.1, 0.15) is 22.8 Å². The molecule has 3 N–H and O–H groups in total. The molecule has 0 aliphatic carbocycles. The second-order valence-electron chi connectivity index (χ2n) is 7.78. The monoisotopic (exact) mass is 486 g/mol. The van der Waals surface area contributed by atoms with Crippen LogP contribution in [0.3, 0.4) is 0 Å². The van der Waals surface area contributed by atoms with E-state index in [0.29, 0.717) is 6.61 Å². The molecule has 13 heteroatoms. The van der Waals surface area contributed by atoms with E-state index in [4.69, 9.17) is 15.2 Å². The van der Waals surface area contributed by atoms with Gasteiger partial charge < -0.3 is 25.3 Å². The number of halogens is 5. The van der Waals surface area contributed by atoms with Gasteiger partial charge in [0.15, 0.2) is 6.61 Å². The van der Waals surface area contributed by atoms with Crippen molar-refractivity contribution in [3.8, 4) is 5.75 Å². The molecule has 4 rings (SSSR count). The number of nitrogens with one attached hydrogen (secondary N) is 1. The van der Waals surface area contributed by atoms with Gasteiger partial charge in [0.05, 0.1) is 26.0 Å². The van der Waals surface area contributed by atoms with Gasteiger partial charge in [-0.25, -0.2) is 23.1 Å². The van der Waals surface area contributed by atoms with Crippen molar-refractivity contribution in [3.63, 3.8) is 0 Å². The van der Waals surface area contributed by atoms with E-state index in [1.54, 1.807) is 0 Å². The number of aliphatic imine (C=N–C) groups is 1. The number of hydrogen-bond donors (Lipinski definition) is 2. The SMILES string of the molecule is NC1=N[C@@]2(c3cc(NC(=O)c4ccc(OCC(F)(F)C(F)F)cn4)ccc3F)COCC2CO1. The smallest absolute Gasteiger partial charge is 0.340 e. The molecule has 2 aromatic rings. The number of pyridine rings is 1. The maximum Gasteiger partial charge on any atom is 0.340 e. The molecule has 0 spiro atoms. The van der Waals surface area contributed by atoms with Gasteiger partial charge in [-0.05, 0) is 30.3 Å². The number of amides is 1. The van der Waals surface area contributed by atoms with E-state index < -0.39 is 36.2 Å². The van der Waals surface area contributed by atoms with Crippen molar-refractivity contribution in [1.29, 1.82) is 0 Å². The Morgan fingerprint density at radius 2 is 2.09 bits per heavy atom. The average molecular weight is 486 g/mol. The maximum absolute atomic E-state index is 14.8. The Balaban J connectivity index is 1.49. The Hall–Kier alpha value is -3.48. The summed E-state index contributed by atoms with van der Waals surface area (Å²) in [6.07, 6.45) is -2.93. The molecule has 1 saturated heterocycles. The Morgan fingerprint density at radius 3 is 2.79 bits per heavy atom. The zero-order valence-electron chi connectivity index (χ0n) is 17.4. The highest BCUT2D eigenvalue weighted by Gasteiger charge is 2.50. The Morgan fingerprint density at radius 1 is 1.29 bits per heavy atom. The summed E-state index contributed by atoms with van der Waals surface area (Å²) in [4.78, 5) is 20.7. The summed E-state index contributed by atoms with van der Waals surface area (Å²) in [6, 6.07) is 6.14. The molecule has 8 nitrogen and oxygen atoms in total. The number of fused-ring (bicyclic) bond motifs is 1. The van der Waals surface area contributed by atoms with E-state index in [0.717, 1.165) is 12.3 Å². The molecule has 3 heterocycles. The molecule has 0 saturated carbocycles. The van der Waals surface area contributed by atoms with E-state index in [9.17, 15) is 26.7 Å². The van der Waals surface area contributed by atoms with Crippen LogP contribution >= 0.6 is 0 Å². The summed E-state index contributed by atoms with van der Waals surface area (Å²) in [6.45, 7) is -0.953. The lowest BCUT2D eigenvalue weighted by molar-refractivity contribution is -0.148.